The Morgan fingerprint density at radius 1 is 0.926 bits per heavy atom. The van der Waals surface area contributed by atoms with Gasteiger partial charge in [-0.25, -0.2) is 0 Å². The quantitative estimate of drug-likeness (QED) is 0.424. The van der Waals surface area contributed by atoms with Gasteiger partial charge in [-0.3, -0.25) is 14.4 Å². The Bertz CT molecular complexity index is 579. The summed E-state index contributed by atoms with van der Waals surface area (Å²) in [4.78, 5) is 35.0. The summed E-state index contributed by atoms with van der Waals surface area (Å²) in [6.07, 6.45) is 0.613. The number of carbonyl (C=O) groups excluding carboxylic acids is 3. The van der Waals surface area contributed by atoms with Gasteiger partial charge in [0, 0.05) is 6.42 Å². The maximum absolute atomic E-state index is 12.0. The summed E-state index contributed by atoms with van der Waals surface area (Å²) in [7, 11) is 0. The number of aryl methyl sites for hydroxylation is 1. The molecular weight excluding hydrogens is 352 g/mol. The third-order valence-electron chi connectivity index (χ3n) is 3.55. The number of carbonyl (C=O) groups is 3. The predicted molar refractivity (Wildman–Crippen MR) is 98.5 cm³/mol. The number of ether oxygens (including phenoxy) is 3. The molecule has 1 rings (SSSR count). The van der Waals surface area contributed by atoms with Crippen LogP contribution in [0.25, 0.3) is 0 Å². The lowest BCUT2D eigenvalue weighted by molar-refractivity contribution is -0.167. The number of hydrogen-bond acceptors (Lipinski definition) is 8. The van der Waals surface area contributed by atoms with Gasteiger partial charge >= 0.3 is 17.9 Å². The van der Waals surface area contributed by atoms with Crippen LogP contribution in [-0.2, 0) is 35.0 Å². The van der Waals surface area contributed by atoms with Crippen LogP contribution in [0.4, 0.5) is 0 Å². The first-order valence-corrected chi connectivity index (χ1v) is 8.87. The lowest BCUT2D eigenvalue weighted by Gasteiger charge is -2.19. The average molecular weight is 380 g/mol. The zero-order chi connectivity index (χ0) is 20.2. The Labute approximate surface area is 159 Å². The molecule has 1 aromatic carbocycles. The molecule has 0 heterocycles. The minimum atomic E-state index is -0.917. The Kier molecular flexibility index (Phi) is 10.1. The Hall–Kier alpha value is -2.45. The highest BCUT2D eigenvalue weighted by Crippen LogP contribution is 2.07. The molecule has 8 nitrogen and oxygen atoms in total. The van der Waals surface area contributed by atoms with Crippen molar-refractivity contribution in [1.29, 1.82) is 0 Å². The van der Waals surface area contributed by atoms with Crippen molar-refractivity contribution in [3.8, 4) is 0 Å². The smallest absolute Gasteiger partial charge is 0.322 e. The standard InChI is InChI=1S/C19H28N2O6/c1-13(20)18(23)25-11-16(12-26-19(24)14(2)21)27-17(22)10-6-9-15-7-4-3-5-8-15/h3-5,7-8,13-14,16H,6,9-12,20-21H2,1-2H3. The van der Waals surface area contributed by atoms with E-state index in [1.54, 1.807) is 0 Å². The Morgan fingerprint density at radius 2 is 1.44 bits per heavy atom. The van der Waals surface area contributed by atoms with Crippen molar-refractivity contribution in [1.82, 2.24) is 0 Å². The van der Waals surface area contributed by atoms with E-state index in [1.807, 2.05) is 30.3 Å². The van der Waals surface area contributed by atoms with Crippen LogP contribution in [0.5, 0.6) is 0 Å². The highest BCUT2D eigenvalue weighted by molar-refractivity contribution is 5.75. The summed E-state index contributed by atoms with van der Waals surface area (Å²) >= 11 is 0. The molecule has 0 fully saturated rings. The third kappa shape index (κ3) is 9.72. The van der Waals surface area contributed by atoms with Crippen molar-refractivity contribution in [2.24, 2.45) is 11.5 Å². The summed E-state index contributed by atoms with van der Waals surface area (Å²) in [5.41, 5.74) is 12.0. The first kappa shape index (κ1) is 22.6. The molecule has 0 saturated carbocycles. The minimum Gasteiger partial charge on any atom is -0.460 e. The number of esters is 3. The van der Waals surface area contributed by atoms with Gasteiger partial charge in [-0.1, -0.05) is 30.3 Å². The van der Waals surface area contributed by atoms with E-state index in [0.717, 1.165) is 12.0 Å². The second-order valence-corrected chi connectivity index (χ2v) is 6.29. The van der Waals surface area contributed by atoms with Gasteiger partial charge in [0.1, 0.15) is 25.3 Å². The monoisotopic (exact) mass is 380 g/mol. The summed E-state index contributed by atoms with van der Waals surface area (Å²) in [6.45, 7) is 2.44. The molecule has 0 radical (unpaired) electrons. The van der Waals surface area contributed by atoms with Crippen LogP contribution in [0.2, 0.25) is 0 Å². The van der Waals surface area contributed by atoms with Crippen LogP contribution < -0.4 is 11.5 Å². The van der Waals surface area contributed by atoms with Gasteiger partial charge in [0.2, 0.25) is 0 Å². The van der Waals surface area contributed by atoms with Gasteiger partial charge in [0.25, 0.3) is 0 Å². The van der Waals surface area contributed by atoms with Gasteiger partial charge in [-0.2, -0.15) is 0 Å². The van der Waals surface area contributed by atoms with Crippen molar-refractivity contribution in [2.75, 3.05) is 13.2 Å². The van der Waals surface area contributed by atoms with E-state index in [-0.39, 0.29) is 19.6 Å². The van der Waals surface area contributed by atoms with E-state index in [0.29, 0.717) is 6.42 Å². The molecule has 0 amide bonds. The highest BCUT2D eigenvalue weighted by atomic mass is 16.6. The van der Waals surface area contributed by atoms with Crippen LogP contribution in [-0.4, -0.2) is 49.3 Å². The van der Waals surface area contributed by atoms with Gasteiger partial charge in [0.15, 0.2) is 6.10 Å². The van der Waals surface area contributed by atoms with Crippen molar-refractivity contribution in [3.63, 3.8) is 0 Å². The van der Waals surface area contributed by atoms with Crippen molar-refractivity contribution in [2.45, 2.75) is 51.3 Å². The van der Waals surface area contributed by atoms with Gasteiger partial charge < -0.3 is 25.7 Å². The van der Waals surface area contributed by atoms with Crippen LogP contribution >= 0.6 is 0 Å². The van der Waals surface area contributed by atoms with Gasteiger partial charge in [-0.15, -0.1) is 0 Å². The number of nitrogens with two attached hydrogens (primary N) is 2. The molecule has 150 valence electrons. The zero-order valence-electron chi connectivity index (χ0n) is 15.8. The second-order valence-electron chi connectivity index (χ2n) is 6.29. The van der Waals surface area contributed by atoms with E-state index in [2.05, 4.69) is 0 Å². The summed E-state index contributed by atoms with van der Waals surface area (Å²) in [6, 6.07) is 8.14. The molecule has 0 aliphatic rings. The first-order chi connectivity index (χ1) is 12.8. The molecule has 27 heavy (non-hydrogen) atoms. The fourth-order valence-electron chi connectivity index (χ4n) is 2.06. The van der Waals surface area contributed by atoms with Crippen molar-refractivity contribution >= 4 is 17.9 Å². The molecular formula is C19H28N2O6. The number of rotatable bonds is 11. The minimum absolute atomic E-state index is 0.188. The van der Waals surface area contributed by atoms with Crippen molar-refractivity contribution in [3.05, 3.63) is 35.9 Å². The summed E-state index contributed by atoms with van der Waals surface area (Å²) < 4.78 is 15.2. The lowest BCUT2D eigenvalue weighted by atomic mass is 10.1. The van der Waals surface area contributed by atoms with Crippen molar-refractivity contribution < 1.29 is 28.6 Å². The normalized spacial score (nSPS) is 13.9. The molecule has 0 bridgehead atoms. The largest absolute Gasteiger partial charge is 0.460 e. The van der Waals surface area contributed by atoms with Crippen LogP contribution in [0.15, 0.2) is 30.3 Å². The number of hydrogen-bond donors (Lipinski definition) is 2. The Balaban J connectivity index is 2.47. The van der Waals surface area contributed by atoms with E-state index in [9.17, 15) is 14.4 Å². The molecule has 0 aliphatic carbocycles. The maximum Gasteiger partial charge on any atom is 0.322 e. The molecule has 2 atom stereocenters. The topological polar surface area (TPSA) is 131 Å². The van der Waals surface area contributed by atoms with E-state index >= 15 is 0 Å². The fourth-order valence-corrected chi connectivity index (χ4v) is 2.06. The van der Waals surface area contributed by atoms with Gasteiger partial charge in [-0.05, 0) is 32.3 Å². The molecule has 2 unspecified atom stereocenters. The van der Waals surface area contributed by atoms with Gasteiger partial charge in [0.05, 0.1) is 0 Å². The molecule has 0 saturated heterocycles. The zero-order valence-corrected chi connectivity index (χ0v) is 15.8. The SMILES string of the molecule is CC(N)C(=O)OCC(COC(=O)C(C)N)OC(=O)CCCc1ccccc1. The molecule has 0 aliphatic heterocycles. The first-order valence-electron chi connectivity index (χ1n) is 8.87. The third-order valence-corrected chi connectivity index (χ3v) is 3.55. The van der Waals surface area contributed by atoms with E-state index < -0.39 is 36.1 Å². The van der Waals surface area contributed by atoms with E-state index in [4.69, 9.17) is 25.7 Å². The Morgan fingerprint density at radius 3 is 1.93 bits per heavy atom. The van der Waals surface area contributed by atoms with E-state index in [1.165, 1.54) is 13.8 Å². The average Bonchev–Trinajstić information content (AvgIpc) is 2.63. The molecule has 1 aromatic rings. The number of benzene rings is 1. The predicted octanol–water partition coefficient (Wildman–Crippen LogP) is 0.702. The lowest BCUT2D eigenvalue weighted by Crippen LogP contribution is -2.37. The van der Waals surface area contributed by atoms with Crippen LogP contribution in [0, 0.1) is 0 Å². The highest BCUT2D eigenvalue weighted by Gasteiger charge is 2.21. The molecule has 0 spiro atoms. The summed E-state index contributed by atoms with van der Waals surface area (Å²) in [5, 5.41) is 0. The maximum atomic E-state index is 12.0. The second kappa shape index (κ2) is 12.0. The summed E-state index contributed by atoms with van der Waals surface area (Å²) in [5.74, 6) is -1.75. The van der Waals surface area contributed by atoms with Crippen LogP contribution in [0.3, 0.4) is 0 Å². The van der Waals surface area contributed by atoms with Crippen LogP contribution in [0.1, 0.15) is 32.3 Å². The fraction of sp³-hybridized carbons (Fsp3) is 0.526. The molecule has 8 heteroatoms. The molecule has 0 aromatic heterocycles. The molecule has 4 N–H and O–H groups in total.